The van der Waals surface area contributed by atoms with E-state index in [0.29, 0.717) is 29.7 Å². The van der Waals surface area contributed by atoms with Gasteiger partial charge in [0.15, 0.2) is 0 Å². The number of nitrogens with one attached hydrogen (secondary N) is 2. The fraction of sp³-hybridized carbons (Fsp3) is 0.815. The van der Waals surface area contributed by atoms with Crippen LogP contribution in [-0.2, 0) is 9.22 Å². The molecule has 0 unspecified atom stereocenters. The summed E-state index contributed by atoms with van der Waals surface area (Å²) in [7, 11) is -2.00. The zero-order chi connectivity index (χ0) is 23.1. The van der Waals surface area contributed by atoms with Crippen molar-refractivity contribution in [3.05, 3.63) is 23.1 Å². The summed E-state index contributed by atoms with van der Waals surface area (Å²) >= 11 is 0. The van der Waals surface area contributed by atoms with Gasteiger partial charge in [-0.05, 0) is 92.0 Å². The number of rotatable bonds is 4. The molecule has 1 aliphatic heterocycles. The summed E-state index contributed by atoms with van der Waals surface area (Å²) in [4.78, 5) is 12.3. The average molecular weight is 457 g/mol. The van der Waals surface area contributed by atoms with Crippen LogP contribution in [0.1, 0.15) is 86.0 Å². The van der Waals surface area contributed by atoms with E-state index in [1.54, 1.807) is 5.57 Å². The van der Waals surface area contributed by atoms with Crippen molar-refractivity contribution in [2.75, 3.05) is 0 Å². The molecule has 5 heteroatoms. The third-order valence-corrected chi connectivity index (χ3v) is 14.7. The Labute approximate surface area is 196 Å². The minimum Gasteiger partial charge on any atom is -0.543 e. The van der Waals surface area contributed by atoms with Crippen molar-refractivity contribution >= 4 is 14.2 Å². The molecule has 0 aromatic rings. The van der Waals surface area contributed by atoms with E-state index < -0.39 is 8.32 Å². The van der Waals surface area contributed by atoms with Crippen LogP contribution in [0.2, 0.25) is 18.1 Å². The first kappa shape index (κ1) is 22.7. The summed E-state index contributed by atoms with van der Waals surface area (Å²) in [5.41, 5.74) is 3.07. The first-order chi connectivity index (χ1) is 14.8. The van der Waals surface area contributed by atoms with Gasteiger partial charge in [0.2, 0.25) is 14.2 Å². The van der Waals surface area contributed by atoms with Crippen molar-refractivity contribution in [2.24, 2.45) is 22.7 Å². The highest BCUT2D eigenvalue weighted by molar-refractivity contribution is 6.74. The van der Waals surface area contributed by atoms with Crippen LogP contribution in [0.25, 0.3) is 0 Å². The van der Waals surface area contributed by atoms with Crippen LogP contribution in [-0.4, -0.2) is 26.3 Å². The second-order valence-corrected chi connectivity index (χ2v) is 18.2. The van der Waals surface area contributed by atoms with Gasteiger partial charge < -0.3 is 15.1 Å². The molecule has 5 atom stereocenters. The SMILES string of the molecule is CC(C)(C)[Si](C)(C)OC1=C2[C@@H]3CC[C@H](NC4CC4)[C@@]3(C)CC[C@@H]2[C@@]2(C)CCC(=O)NC2=C1. The van der Waals surface area contributed by atoms with E-state index in [4.69, 9.17) is 4.43 Å². The molecule has 1 saturated heterocycles. The summed E-state index contributed by atoms with van der Waals surface area (Å²) in [6.07, 6.45) is 11.6. The second-order valence-electron chi connectivity index (χ2n) is 13.4. The molecule has 2 N–H and O–H groups in total. The summed E-state index contributed by atoms with van der Waals surface area (Å²) in [5, 5.41) is 7.44. The van der Waals surface area contributed by atoms with E-state index in [1.165, 1.54) is 38.5 Å². The first-order valence-electron chi connectivity index (χ1n) is 13.1. The van der Waals surface area contributed by atoms with Crippen LogP contribution in [0, 0.1) is 22.7 Å². The van der Waals surface area contributed by atoms with Gasteiger partial charge in [-0.3, -0.25) is 4.79 Å². The van der Waals surface area contributed by atoms with E-state index in [-0.39, 0.29) is 16.4 Å². The van der Waals surface area contributed by atoms with Crippen molar-refractivity contribution in [1.29, 1.82) is 0 Å². The smallest absolute Gasteiger partial charge is 0.250 e. The summed E-state index contributed by atoms with van der Waals surface area (Å²) in [6.45, 7) is 16.6. The maximum atomic E-state index is 12.3. The molecule has 178 valence electrons. The van der Waals surface area contributed by atoms with Gasteiger partial charge in [-0.25, -0.2) is 0 Å². The number of fused-ring (bicyclic) bond motifs is 5. The summed E-state index contributed by atoms with van der Waals surface area (Å²) < 4.78 is 7.09. The fourth-order valence-corrected chi connectivity index (χ4v) is 7.95. The average Bonchev–Trinajstić information content (AvgIpc) is 3.44. The van der Waals surface area contributed by atoms with Gasteiger partial charge in [-0.15, -0.1) is 0 Å². The molecule has 32 heavy (non-hydrogen) atoms. The topological polar surface area (TPSA) is 50.4 Å². The van der Waals surface area contributed by atoms with E-state index in [0.717, 1.165) is 23.9 Å². The lowest BCUT2D eigenvalue weighted by Crippen LogP contribution is -2.53. The predicted molar refractivity (Wildman–Crippen MR) is 132 cm³/mol. The number of carbonyl (C=O) groups is 1. The number of piperidine rings is 1. The Morgan fingerprint density at radius 3 is 2.44 bits per heavy atom. The number of carbonyl (C=O) groups excluding carboxylic acids is 1. The second kappa shape index (κ2) is 7.21. The zero-order valence-electron chi connectivity index (χ0n) is 21.4. The maximum Gasteiger partial charge on any atom is 0.250 e. The van der Waals surface area contributed by atoms with E-state index in [9.17, 15) is 4.79 Å². The number of amides is 1. The van der Waals surface area contributed by atoms with Crippen LogP contribution < -0.4 is 10.6 Å². The number of hydrogen-bond donors (Lipinski definition) is 2. The van der Waals surface area contributed by atoms with Gasteiger partial charge in [-0.2, -0.15) is 0 Å². The third-order valence-electron chi connectivity index (χ3n) is 10.3. The Bertz CT molecular complexity index is 881. The summed E-state index contributed by atoms with van der Waals surface area (Å²) in [6, 6.07) is 1.39. The normalized spacial score (nSPS) is 39.7. The molecule has 5 rings (SSSR count). The molecule has 0 bridgehead atoms. The Hall–Kier alpha value is -1.07. The minimum atomic E-state index is -2.00. The van der Waals surface area contributed by atoms with Gasteiger partial charge in [0.05, 0.1) is 0 Å². The molecule has 0 aromatic heterocycles. The molecule has 0 spiro atoms. The Morgan fingerprint density at radius 2 is 1.78 bits per heavy atom. The maximum absolute atomic E-state index is 12.3. The molecule has 4 fully saturated rings. The minimum absolute atomic E-state index is 0.0346. The molecule has 3 saturated carbocycles. The van der Waals surface area contributed by atoms with E-state index in [1.807, 2.05) is 0 Å². The van der Waals surface area contributed by atoms with Crippen LogP contribution >= 0.6 is 0 Å². The van der Waals surface area contributed by atoms with Gasteiger partial charge in [0.25, 0.3) is 0 Å². The van der Waals surface area contributed by atoms with Gasteiger partial charge in [-0.1, -0.05) is 34.6 Å². The van der Waals surface area contributed by atoms with Crippen LogP contribution in [0.3, 0.4) is 0 Å². The van der Waals surface area contributed by atoms with Crippen molar-refractivity contribution in [3.63, 3.8) is 0 Å². The molecule has 4 nitrogen and oxygen atoms in total. The third kappa shape index (κ3) is 3.44. The van der Waals surface area contributed by atoms with Gasteiger partial charge >= 0.3 is 0 Å². The largest absolute Gasteiger partial charge is 0.543 e. The van der Waals surface area contributed by atoms with Crippen molar-refractivity contribution in [1.82, 2.24) is 10.6 Å². The Balaban J connectivity index is 1.59. The van der Waals surface area contributed by atoms with Crippen LogP contribution in [0.5, 0.6) is 0 Å². The van der Waals surface area contributed by atoms with Crippen molar-refractivity contribution < 1.29 is 9.22 Å². The lowest BCUT2D eigenvalue weighted by atomic mass is 9.53. The number of hydrogen-bond acceptors (Lipinski definition) is 3. The molecular formula is C27H44N2O2Si. The van der Waals surface area contributed by atoms with Crippen LogP contribution in [0.4, 0.5) is 0 Å². The number of allylic oxidation sites excluding steroid dienone is 3. The van der Waals surface area contributed by atoms with Crippen molar-refractivity contribution in [2.45, 2.75) is 116 Å². The Morgan fingerprint density at radius 1 is 1.06 bits per heavy atom. The molecular weight excluding hydrogens is 412 g/mol. The Kier molecular flexibility index (Phi) is 5.12. The highest BCUT2D eigenvalue weighted by Crippen LogP contribution is 2.64. The quantitative estimate of drug-likeness (QED) is 0.508. The zero-order valence-corrected chi connectivity index (χ0v) is 22.4. The molecule has 1 heterocycles. The predicted octanol–water partition coefficient (Wildman–Crippen LogP) is 6.02. The standard InChI is InChI=1S/C27H44N2O2Si/c1-25(2,3)32(6,7)31-20-16-22-27(5,15-13-23(30)29-22)19-12-14-26(4)18(24(19)20)10-11-21(26)28-17-8-9-17/h16-19,21,28H,8-15H2,1-7H3,(H,29,30)/t18-,19-,21-,26-,27+/m0/s1. The van der Waals surface area contributed by atoms with Gasteiger partial charge in [0.1, 0.15) is 5.76 Å². The lowest BCUT2D eigenvalue weighted by molar-refractivity contribution is -0.123. The monoisotopic (exact) mass is 456 g/mol. The van der Waals surface area contributed by atoms with Crippen LogP contribution in [0.15, 0.2) is 23.1 Å². The molecule has 1 amide bonds. The highest BCUT2D eigenvalue weighted by Gasteiger charge is 2.59. The first-order valence-corrected chi connectivity index (χ1v) is 16.0. The molecule has 5 aliphatic rings. The fourth-order valence-electron chi connectivity index (χ4n) is 6.92. The molecule has 0 radical (unpaired) electrons. The molecule has 4 aliphatic carbocycles. The van der Waals surface area contributed by atoms with E-state index >= 15 is 0 Å². The lowest BCUT2D eigenvalue weighted by Gasteiger charge is -2.55. The van der Waals surface area contributed by atoms with E-state index in [2.05, 4.69) is 64.4 Å². The van der Waals surface area contributed by atoms with Crippen molar-refractivity contribution in [3.8, 4) is 0 Å². The summed E-state index contributed by atoms with van der Waals surface area (Å²) in [5.74, 6) is 2.36. The van der Waals surface area contributed by atoms with Gasteiger partial charge in [0, 0.05) is 29.6 Å². The molecule has 0 aromatic carbocycles. The highest BCUT2D eigenvalue weighted by atomic mass is 28.4.